The van der Waals surface area contributed by atoms with Crippen molar-refractivity contribution in [3.05, 3.63) is 59.0 Å². The van der Waals surface area contributed by atoms with Crippen molar-refractivity contribution in [2.75, 3.05) is 5.73 Å². The number of fused-ring (bicyclic) bond motifs is 2. The Balaban J connectivity index is 1.99. The van der Waals surface area contributed by atoms with Crippen molar-refractivity contribution in [1.29, 1.82) is 0 Å². The smallest absolute Gasteiger partial charge is 0.195 e. The topological polar surface area (TPSA) is 47.6 Å². The second kappa shape index (κ2) is 4.58. The molecule has 2 N–H and O–H groups in total. The van der Waals surface area contributed by atoms with Gasteiger partial charge in [0.25, 0.3) is 0 Å². The van der Waals surface area contributed by atoms with E-state index in [1.807, 2.05) is 32.0 Å². The third kappa shape index (κ3) is 2.07. The molecule has 0 fully saturated rings. The molecule has 0 saturated carbocycles. The third-order valence-corrected chi connectivity index (χ3v) is 4.70. The summed E-state index contributed by atoms with van der Waals surface area (Å²) in [6.07, 6.45) is 0. The molecule has 1 aliphatic heterocycles. The zero-order valence-electron chi connectivity index (χ0n) is 12.5. The molecular formula is C18H16N2OS. The Bertz CT molecular complexity index is 908. The fraction of sp³-hybridized carbons (Fsp3) is 0.167. The highest BCUT2D eigenvalue weighted by atomic mass is 32.1. The van der Waals surface area contributed by atoms with Crippen molar-refractivity contribution < 1.29 is 4.74 Å². The molecule has 110 valence electrons. The molecule has 3 nitrogen and oxygen atoms in total. The predicted molar refractivity (Wildman–Crippen MR) is 93.0 cm³/mol. The summed E-state index contributed by atoms with van der Waals surface area (Å²) in [4.78, 5) is 4.84. The van der Waals surface area contributed by atoms with Crippen molar-refractivity contribution in [2.45, 2.75) is 19.6 Å². The van der Waals surface area contributed by atoms with E-state index < -0.39 is 5.72 Å². The van der Waals surface area contributed by atoms with Crippen LogP contribution in [0.3, 0.4) is 0 Å². The number of thiophene rings is 1. The maximum Gasteiger partial charge on any atom is 0.195 e. The molecule has 2 aromatic carbocycles. The number of hydrogen-bond donors (Lipinski definition) is 1. The zero-order chi connectivity index (χ0) is 15.3. The summed E-state index contributed by atoms with van der Waals surface area (Å²) in [7, 11) is 0. The molecule has 0 aliphatic carbocycles. The number of ether oxygens (including phenoxy) is 1. The minimum absolute atomic E-state index is 0.598. The summed E-state index contributed by atoms with van der Waals surface area (Å²) in [6, 6.07) is 14.2. The maximum absolute atomic E-state index is 5.98. The van der Waals surface area contributed by atoms with Gasteiger partial charge in [0.1, 0.15) is 5.75 Å². The number of hydrogen-bond acceptors (Lipinski definition) is 4. The highest BCUT2D eigenvalue weighted by Gasteiger charge is 2.29. The first-order valence-electron chi connectivity index (χ1n) is 7.19. The van der Waals surface area contributed by atoms with Crippen LogP contribution in [-0.2, 0) is 0 Å². The van der Waals surface area contributed by atoms with Gasteiger partial charge in [-0.25, -0.2) is 4.99 Å². The van der Waals surface area contributed by atoms with Crippen LogP contribution in [0.4, 0.5) is 5.69 Å². The first-order chi connectivity index (χ1) is 10.5. The van der Waals surface area contributed by atoms with Gasteiger partial charge in [0, 0.05) is 38.3 Å². The quantitative estimate of drug-likeness (QED) is 0.675. The first kappa shape index (κ1) is 13.3. The Morgan fingerprint density at radius 2 is 1.91 bits per heavy atom. The van der Waals surface area contributed by atoms with E-state index in [1.165, 1.54) is 10.1 Å². The molecule has 2 heterocycles. The number of nitrogen functional groups attached to an aromatic ring is 1. The van der Waals surface area contributed by atoms with Crippen LogP contribution in [-0.4, -0.2) is 11.4 Å². The fourth-order valence-electron chi connectivity index (χ4n) is 2.81. The van der Waals surface area contributed by atoms with Gasteiger partial charge in [0.05, 0.1) is 5.71 Å². The number of nitrogens with two attached hydrogens (primary N) is 1. The van der Waals surface area contributed by atoms with Gasteiger partial charge in [0.2, 0.25) is 0 Å². The minimum atomic E-state index is -0.598. The van der Waals surface area contributed by atoms with Gasteiger partial charge in [-0.3, -0.25) is 0 Å². The second-order valence-corrected chi connectivity index (χ2v) is 6.82. The summed E-state index contributed by atoms with van der Waals surface area (Å²) in [5.74, 6) is 0.797. The van der Waals surface area contributed by atoms with Crippen LogP contribution < -0.4 is 10.5 Å². The Morgan fingerprint density at radius 1 is 1.09 bits per heavy atom. The van der Waals surface area contributed by atoms with Crippen molar-refractivity contribution in [2.24, 2.45) is 4.99 Å². The summed E-state index contributed by atoms with van der Waals surface area (Å²) in [5, 5.41) is 3.40. The number of anilines is 1. The largest absolute Gasteiger partial charge is 0.466 e. The van der Waals surface area contributed by atoms with Gasteiger partial charge < -0.3 is 10.5 Å². The van der Waals surface area contributed by atoms with Gasteiger partial charge in [0.15, 0.2) is 5.72 Å². The van der Waals surface area contributed by atoms with E-state index >= 15 is 0 Å². The second-order valence-electron chi connectivity index (χ2n) is 5.91. The highest BCUT2D eigenvalue weighted by molar-refractivity contribution is 7.17. The van der Waals surface area contributed by atoms with Crippen molar-refractivity contribution in [3.8, 4) is 5.75 Å². The van der Waals surface area contributed by atoms with E-state index in [-0.39, 0.29) is 0 Å². The molecule has 1 aromatic heterocycles. The summed E-state index contributed by atoms with van der Waals surface area (Å²) < 4.78 is 7.24. The van der Waals surface area contributed by atoms with Crippen LogP contribution in [0.25, 0.3) is 10.1 Å². The average molecular weight is 308 g/mol. The van der Waals surface area contributed by atoms with E-state index in [4.69, 9.17) is 15.5 Å². The van der Waals surface area contributed by atoms with Gasteiger partial charge >= 0.3 is 0 Å². The van der Waals surface area contributed by atoms with Crippen LogP contribution in [0.1, 0.15) is 25.0 Å². The minimum Gasteiger partial charge on any atom is -0.466 e. The van der Waals surface area contributed by atoms with Crippen molar-refractivity contribution in [3.63, 3.8) is 0 Å². The standard InChI is InChI=1S/C18H16N2OS/c1-18(2)20-17(13-8-7-11(19)9-15(13)21-18)14-10-22-16-6-4-3-5-12(14)16/h3-10H,19H2,1-2H3. The molecule has 0 spiro atoms. The number of nitrogens with zero attached hydrogens (tertiary/aromatic N) is 1. The molecule has 0 unspecified atom stereocenters. The van der Waals surface area contributed by atoms with Crippen molar-refractivity contribution >= 4 is 32.8 Å². The predicted octanol–water partition coefficient (Wildman–Crippen LogP) is 4.45. The summed E-state index contributed by atoms with van der Waals surface area (Å²) >= 11 is 1.74. The zero-order valence-corrected chi connectivity index (χ0v) is 13.3. The number of rotatable bonds is 1. The molecule has 4 heteroatoms. The average Bonchev–Trinajstić information content (AvgIpc) is 2.88. The molecule has 0 saturated heterocycles. The lowest BCUT2D eigenvalue weighted by Crippen LogP contribution is -2.32. The van der Waals surface area contributed by atoms with E-state index in [1.54, 1.807) is 11.3 Å². The first-order valence-corrected chi connectivity index (χ1v) is 8.07. The molecule has 0 bridgehead atoms. The SMILES string of the molecule is CC1(C)N=C(c2csc3ccccc23)c2ccc(N)cc2O1. The third-order valence-electron chi connectivity index (χ3n) is 3.74. The molecule has 0 amide bonds. The van der Waals surface area contributed by atoms with Crippen LogP contribution in [0, 0.1) is 0 Å². The normalized spacial score (nSPS) is 16.0. The lowest BCUT2D eigenvalue weighted by atomic mass is 9.98. The Morgan fingerprint density at radius 3 is 2.77 bits per heavy atom. The van der Waals surface area contributed by atoms with Gasteiger partial charge in [-0.15, -0.1) is 11.3 Å². The van der Waals surface area contributed by atoms with Gasteiger partial charge in [-0.2, -0.15) is 0 Å². The van der Waals surface area contributed by atoms with E-state index in [9.17, 15) is 0 Å². The molecule has 0 atom stereocenters. The van der Waals surface area contributed by atoms with Crippen LogP contribution in [0.5, 0.6) is 5.75 Å². The molecule has 0 radical (unpaired) electrons. The highest BCUT2D eigenvalue weighted by Crippen LogP contribution is 2.37. The Hall–Kier alpha value is -2.33. The van der Waals surface area contributed by atoms with Crippen LogP contribution >= 0.6 is 11.3 Å². The van der Waals surface area contributed by atoms with Gasteiger partial charge in [-0.05, 0) is 32.0 Å². The molecule has 3 aromatic rings. The van der Waals surface area contributed by atoms with E-state index in [0.29, 0.717) is 5.69 Å². The van der Waals surface area contributed by atoms with E-state index in [2.05, 4.69) is 29.6 Å². The van der Waals surface area contributed by atoms with Crippen LogP contribution in [0.2, 0.25) is 0 Å². The monoisotopic (exact) mass is 308 g/mol. The number of benzene rings is 2. The molecular weight excluding hydrogens is 292 g/mol. The van der Waals surface area contributed by atoms with Gasteiger partial charge in [-0.1, -0.05) is 18.2 Å². The van der Waals surface area contributed by atoms with Crippen molar-refractivity contribution in [1.82, 2.24) is 0 Å². The van der Waals surface area contributed by atoms with Crippen LogP contribution in [0.15, 0.2) is 52.8 Å². The lowest BCUT2D eigenvalue weighted by Gasteiger charge is -2.30. The number of aliphatic imine (C=N–C) groups is 1. The Labute approximate surface area is 133 Å². The summed E-state index contributed by atoms with van der Waals surface area (Å²) in [5.41, 5.74) is 9.14. The maximum atomic E-state index is 5.98. The molecule has 4 rings (SSSR count). The fourth-order valence-corrected chi connectivity index (χ4v) is 3.75. The molecule has 1 aliphatic rings. The van der Waals surface area contributed by atoms with E-state index in [0.717, 1.165) is 22.6 Å². The molecule has 22 heavy (non-hydrogen) atoms. The lowest BCUT2D eigenvalue weighted by molar-refractivity contribution is 0.115. The summed E-state index contributed by atoms with van der Waals surface area (Å²) in [6.45, 7) is 3.93. The Kier molecular flexibility index (Phi) is 2.78.